The van der Waals surface area contributed by atoms with E-state index in [1.54, 1.807) is 32.4 Å². The maximum Gasteiger partial charge on any atom is 0.382 e. The Morgan fingerprint density at radius 1 is 1.09 bits per heavy atom. The lowest BCUT2D eigenvalue weighted by Gasteiger charge is -2.21. The summed E-state index contributed by atoms with van der Waals surface area (Å²) in [5, 5.41) is 0. The molecular weight excluding hydrogens is 306 g/mol. The van der Waals surface area contributed by atoms with Crippen LogP contribution in [-0.4, -0.2) is 22.6 Å². The molecule has 3 rings (SSSR count). The number of fused-ring (bicyclic) bond motifs is 1. The van der Waals surface area contributed by atoms with Gasteiger partial charge in [0.2, 0.25) is 0 Å². The summed E-state index contributed by atoms with van der Waals surface area (Å²) in [7, 11) is -0.657. The van der Waals surface area contributed by atoms with E-state index in [2.05, 4.69) is 4.72 Å². The number of hydrogen-bond acceptors (Lipinski definition) is 5. The molecule has 0 amide bonds. The van der Waals surface area contributed by atoms with E-state index in [0.29, 0.717) is 22.8 Å². The predicted molar refractivity (Wildman–Crippen MR) is 81.4 cm³/mol. The zero-order valence-corrected chi connectivity index (χ0v) is 12.9. The molecule has 6 nitrogen and oxygen atoms in total. The summed E-state index contributed by atoms with van der Waals surface area (Å²) in [5.41, 5.74) is 2.16. The smallest absolute Gasteiger partial charge is 0.382 e. The summed E-state index contributed by atoms with van der Waals surface area (Å²) in [6.07, 6.45) is 0. The molecule has 1 aliphatic rings. The van der Waals surface area contributed by atoms with Crippen molar-refractivity contribution in [2.24, 2.45) is 0 Å². The van der Waals surface area contributed by atoms with Crippen molar-refractivity contribution in [2.45, 2.75) is 6.54 Å². The van der Waals surface area contributed by atoms with Crippen molar-refractivity contribution in [1.82, 2.24) is 4.72 Å². The van der Waals surface area contributed by atoms with Crippen LogP contribution in [0, 0.1) is 0 Å². The number of hydrogen-bond donors (Lipinski definition) is 1. The zero-order valence-electron chi connectivity index (χ0n) is 12.1. The highest BCUT2D eigenvalue weighted by Gasteiger charge is 2.25. The maximum absolute atomic E-state index is 11.7. The monoisotopic (exact) mass is 321 g/mol. The van der Waals surface area contributed by atoms with E-state index in [1.165, 1.54) is 0 Å². The second-order valence-electron chi connectivity index (χ2n) is 4.72. The molecule has 2 aromatic rings. The zero-order chi connectivity index (χ0) is 15.7. The first-order chi connectivity index (χ1) is 10.5. The lowest BCUT2D eigenvalue weighted by atomic mass is 10.00. The van der Waals surface area contributed by atoms with Crippen LogP contribution in [0.1, 0.15) is 5.56 Å². The number of methoxy groups -OCH3 is 2. The van der Waals surface area contributed by atoms with Gasteiger partial charge < -0.3 is 13.7 Å². The van der Waals surface area contributed by atoms with Crippen LogP contribution in [0.3, 0.4) is 0 Å². The summed E-state index contributed by atoms with van der Waals surface area (Å²) >= 11 is 0. The molecular formula is C15H15NO5S. The van der Waals surface area contributed by atoms with Gasteiger partial charge in [-0.2, -0.15) is 13.1 Å². The average Bonchev–Trinajstić information content (AvgIpc) is 2.53. The minimum Gasteiger partial charge on any atom is -0.497 e. The SMILES string of the molecule is COc1ccc(-c2cccc3c2OS(=O)(=O)NC3)c(OC)c1. The third kappa shape index (κ3) is 2.60. The molecule has 0 radical (unpaired) electrons. The molecule has 0 spiro atoms. The second-order valence-corrected chi connectivity index (χ2v) is 6.08. The van der Waals surface area contributed by atoms with Crippen LogP contribution >= 0.6 is 0 Å². The molecule has 116 valence electrons. The highest BCUT2D eigenvalue weighted by Crippen LogP contribution is 2.41. The van der Waals surface area contributed by atoms with Gasteiger partial charge in [-0.3, -0.25) is 0 Å². The normalized spacial score (nSPS) is 15.5. The van der Waals surface area contributed by atoms with Crippen molar-refractivity contribution in [1.29, 1.82) is 0 Å². The minimum absolute atomic E-state index is 0.198. The van der Waals surface area contributed by atoms with Gasteiger partial charge in [-0.05, 0) is 12.1 Å². The fraction of sp³-hybridized carbons (Fsp3) is 0.200. The van der Waals surface area contributed by atoms with E-state index in [-0.39, 0.29) is 6.54 Å². The molecule has 0 unspecified atom stereocenters. The van der Waals surface area contributed by atoms with Crippen LogP contribution in [0.4, 0.5) is 0 Å². The van der Waals surface area contributed by atoms with Crippen molar-refractivity contribution in [3.8, 4) is 28.4 Å². The summed E-state index contributed by atoms with van der Waals surface area (Å²) in [6.45, 7) is 0.198. The highest BCUT2D eigenvalue weighted by atomic mass is 32.2. The van der Waals surface area contributed by atoms with Gasteiger partial charge in [0, 0.05) is 29.3 Å². The van der Waals surface area contributed by atoms with Crippen molar-refractivity contribution in [3.63, 3.8) is 0 Å². The lowest BCUT2D eigenvalue weighted by molar-refractivity contribution is 0.395. The molecule has 0 saturated carbocycles. The molecule has 1 heterocycles. The molecule has 0 aromatic heterocycles. The number of ether oxygens (including phenoxy) is 2. The number of nitrogens with one attached hydrogen (secondary N) is 1. The Labute approximate surface area is 128 Å². The van der Waals surface area contributed by atoms with E-state index in [4.69, 9.17) is 13.7 Å². The standard InChI is InChI=1S/C15H15NO5S/c1-19-11-6-7-12(14(8-11)20-2)13-5-3-4-10-9-16-22(17,18)21-15(10)13/h3-8,16H,9H2,1-2H3. The molecule has 2 aromatic carbocycles. The molecule has 0 atom stereocenters. The van der Waals surface area contributed by atoms with Crippen molar-refractivity contribution >= 4 is 10.3 Å². The van der Waals surface area contributed by atoms with Gasteiger partial charge in [0.1, 0.15) is 11.5 Å². The van der Waals surface area contributed by atoms with Crippen LogP contribution in [-0.2, 0) is 16.8 Å². The van der Waals surface area contributed by atoms with E-state index in [1.807, 2.05) is 18.2 Å². The first-order valence-electron chi connectivity index (χ1n) is 6.57. The minimum atomic E-state index is -3.77. The Hall–Kier alpha value is -2.25. The Bertz CT molecular complexity index is 817. The predicted octanol–water partition coefficient (Wildman–Crippen LogP) is 2.10. The largest absolute Gasteiger partial charge is 0.497 e. The molecule has 0 bridgehead atoms. The first-order valence-corrected chi connectivity index (χ1v) is 7.98. The molecule has 0 saturated heterocycles. The summed E-state index contributed by atoms with van der Waals surface area (Å²) in [5.74, 6) is 1.55. The van der Waals surface area contributed by atoms with Gasteiger partial charge in [0.15, 0.2) is 5.75 Å². The third-order valence-electron chi connectivity index (χ3n) is 3.43. The van der Waals surface area contributed by atoms with Crippen LogP contribution in [0.15, 0.2) is 36.4 Å². The lowest BCUT2D eigenvalue weighted by Crippen LogP contribution is -2.32. The van der Waals surface area contributed by atoms with Crippen molar-refractivity contribution in [3.05, 3.63) is 42.0 Å². The van der Waals surface area contributed by atoms with Gasteiger partial charge in [-0.25, -0.2) is 0 Å². The van der Waals surface area contributed by atoms with Gasteiger partial charge >= 0.3 is 10.3 Å². The number of benzene rings is 2. The molecule has 7 heteroatoms. The van der Waals surface area contributed by atoms with E-state index in [0.717, 1.165) is 11.1 Å². The quantitative estimate of drug-likeness (QED) is 0.937. The third-order valence-corrected chi connectivity index (χ3v) is 4.31. The number of rotatable bonds is 3. The highest BCUT2D eigenvalue weighted by molar-refractivity contribution is 7.85. The first kappa shape index (κ1) is 14.7. The summed E-state index contributed by atoms with van der Waals surface area (Å²) in [4.78, 5) is 0. The van der Waals surface area contributed by atoms with E-state index >= 15 is 0 Å². The van der Waals surface area contributed by atoms with Gasteiger partial charge in [0.25, 0.3) is 0 Å². The molecule has 1 aliphatic heterocycles. The van der Waals surface area contributed by atoms with Crippen LogP contribution in [0.25, 0.3) is 11.1 Å². The summed E-state index contributed by atoms with van der Waals surface area (Å²) < 4.78 is 41.4. The van der Waals surface area contributed by atoms with E-state index < -0.39 is 10.3 Å². The van der Waals surface area contributed by atoms with Gasteiger partial charge in [-0.15, -0.1) is 0 Å². The number of para-hydroxylation sites is 1. The maximum atomic E-state index is 11.7. The average molecular weight is 321 g/mol. The Balaban J connectivity index is 2.18. The van der Waals surface area contributed by atoms with Crippen molar-refractivity contribution in [2.75, 3.05) is 14.2 Å². The van der Waals surface area contributed by atoms with Gasteiger partial charge in [-0.1, -0.05) is 18.2 Å². The Morgan fingerprint density at radius 3 is 2.64 bits per heavy atom. The molecule has 0 aliphatic carbocycles. The van der Waals surface area contributed by atoms with Crippen LogP contribution in [0.2, 0.25) is 0 Å². The fourth-order valence-electron chi connectivity index (χ4n) is 2.36. The van der Waals surface area contributed by atoms with Crippen LogP contribution < -0.4 is 18.4 Å². The van der Waals surface area contributed by atoms with Crippen LogP contribution in [0.5, 0.6) is 17.2 Å². The Morgan fingerprint density at radius 2 is 1.91 bits per heavy atom. The molecule has 0 fully saturated rings. The molecule has 1 N–H and O–H groups in total. The Kier molecular flexibility index (Phi) is 3.67. The topological polar surface area (TPSA) is 73.9 Å². The molecule has 22 heavy (non-hydrogen) atoms. The summed E-state index contributed by atoms with van der Waals surface area (Å²) in [6, 6.07) is 10.8. The van der Waals surface area contributed by atoms with E-state index in [9.17, 15) is 8.42 Å². The second kappa shape index (κ2) is 5.51. The van der Waals surface area contributed by atoms with Gasteiger partial charge in [0.05, 0.1) is 14.2 Å². The fourth-order valence-corrected chi connectivity index (χ4v) is 3.17. The van der Waals surface area contributed by atoms with Crippen molar-refractivity contribution < 1.29 is 22.1 Å².